The number of H-pyrrole nitrogens is 1. The van der Waals surface area contributed by atoms with E-state index in [1.807, 2.05) is 30.4 Å². The molecule has 1 saturated heterocycles. The van der Waals surface area contributed by atoms with Crippen LogP contribution in [0, 0.1) is 20.8 Å². The first-order valence-corrected chi connectivity index (χ1v) is 12.8. The summed E-state index contributed by atoms with van der Waals surface area (Å²) in [6.07, 6.45) is 1.78. The van der Waals surface area contributed by atoms with Crippen LogP contribution in [0.3, 0.4) is 0 Å². The number of benzene rings is 2. The van der Waals surface area contributed by atoms with E-state index in [4.69, 9.17) is 4.74 Å². The molecule has 2 N–H and O–H groups in total. The molecular formula is C28H34N2O2S. The van der Waals surface area contributed by atoms with Gasteiger partial charge in [0.2, 0.25) is 0 Å². The summed E-state index contributed by atoms with van der Waals surface area (Å²) in [5.74, 6) is 1.44. The van der Waals surface area contributed by atoms with E-state index in [9.17, 15) is 5.11 Å². The first-order valence-electron chi connectivity index (χ1n) is 12.0. The van der Waals surface area contributed by atoms with E-state index >= 15 is 0 Å². The van der Waals surface area contributed by atoms with Gasteiger partial charge in [-0.25, -0.2) is 0 Å². The van der Waals surface area contributed by atoms with E-state index in [1.165, 1.54) is 26.1 Å². The van der Waals surface area contributed by atoms with Crippen LogP contribution in [0.1, 0.15) is 47.4 Å². The first-order chi connectivity index (χ1) is 15.9. The average Bonchev–Trinajstić information content (AvgIpc) is 3.36. The molecule has 174 valence electrons. The highest BCUT2D eigenvalue weighted by atomic mass is 32.1. The second kappa shape index (κ2) is 9.13. The third-order valence-electron chi connectivity index (χ3n) is 7.06. The predicted octanol–water partition coefficient (Wildman–Crippen LogP) is 6.32. The number of aromatic amines is 1. The van der Waals surface area contributed by atoms with Gasteiger partial charge < -0.3 is 14.8 Å². The Labute approximate surface area is 200 Å². The van der Waals surface area contributed by atoms with Crippen molar-refractivity contribution in [1.29, 1.82) is 0 Å². The smallest absolute Gasteiger partial charge is 0.128 e. The number of thiophene rings is 1. The number of hydrogen-bond acceptors (Lipinski definition) is 4. The second-order valence-electron chi connectivity index (χ2n) is 9.84. The molecule has 2 aromatic carbocycles. The van der Waals surface area contributed by atoms with E-state index in [1.54, 1.807) is 0 Å². The van der Waals surface area contributed by atoms with Gasteiger partial charge in [-0.2, -0.15) is 0 Å². The minimum atomic E-state index is -0.505. The van der Waals surface area contributed by atoms with Crippen molar-refractivity contribution in [3.05, 3.63) is 64.2 Å². The summed E-state index contributed by atoms with van der Waals surface area (Å²) in [4.78, 5) is 7.28. The van der Waals surface area contributed by atoms with Crippen molar-refractivity contribution in [3.63, 3.8) is 0 Å². The van der Waals surface area contributed by atoms with Crippen LogP contribution in [0.2, 0.25) is 0 Å². The van der Waals surface area contributed by atoms with Gasteiger partial charge in [-0.15, -0.1) is 11.3 Å². The second-order valence-corrected chi connectivity index (χ2v) is 11.0. The third-order valence-corrected chi connectivity index (χ3v) is 8.30. The van der Waals surface area contributed by atoms with Gasteiger partial charge in [-0.05, 0) is 99.8 Å². The van der Waals surface area contributed by atoms with E-state index in [-0.39, 0.29) is 0 Å². The number of aliphatic hydroxyl groups is 1. The van der Waals surface area contributed by atoms with Crippen LogP contribution in [0.5, 0.6) is 5.75 Å². The van der Waals surface area contributed by atoms with Gasteiger partial charge in [0.1, 0.15) is 18.5 Å². The number of aliphatic hydroxyl groups excluding tert-OH is 1. The maximum absolute atomic E-state index is 10.7. The van der Waals surface area contributed by atoms with Crippen LogP contribution < -0.4 is 4.74 Å². The van der Waals surface area contributed by atoms with Crippen LogP contribution in [0.15, 0.2) is 42.5 Å². The first kappa shape index (κ1) is 22.5. The molecule has 0 aliphatic carbocycles. The van der Waals surface area contributed by atoms with Crippen molar-refractivity contribution in [1.82, 2.24) is 9.88 Å². The molecule has 1 fully saturated rings. The number of rotatable bonds is 6. The van der Waals surface area contributed by atoms with E-state index < -0.39 is 6.10 Å². The average molecular weight is 463 g/mol. The van der Waals surface area contributed by atoms with Gasteiger partial charge >= 0.3 is 0 Å². The zero-order valence-corrected chi connectivity index (χ0v) is 20.8. The van der Waals surface area contributed by atoms with Crippen LogP contribution >= 0.6 is 11.3 Å². The molecule has 2 aromatic heterocycles. The van der Waals surface area contributed by atoms with Gasteiger partial charge in [-0.3, -0.25) is 4.90 Å². The van der Waals surface area contributed by atoms with Gasteiger partial charge in [0.15, 0.2) is 0 Å². The number of ether oxygens (including phenoxy) is 1. The molecule has 0 saturated carbocycles. The number of hydrogen-bond donors (Lipinski definition) is 2. The molecule has 4 nitrogen and oxygen atoms in total. The molecule has 3 atom stereocenters. The topological polar surface area (TPSA) is 48.5 Å². The fraction of sp³-hybridized carbons (Fsp3) is 0.429. The third kappa shape index (κ3) is 4.68. The summed E-state index contributed by atoms with van der Waals surface area (Å²) in [5.41, 5.74) is 4.91. The molecule has 5 heteroatoms. The number of β-amino-alcohol motifs (C(OH)–C–C–N with tert-alkyl or cyclic N) is 1. The van der Waals surface area contributed by atoms with Crippen LogP contribution in [0.25, 0.3) is 21.0 Å². The predicted molar refractivity (Wildman–Crippen MR) is 139 cm³/mol. The number of likely N-dealkylation sites (tertiary alicyclic amines) is 1. The zero-order chi connectivity index (χ0) is 23.1. The molecule has 0 bridgehead atoms. The molecule has 4 aromatic rings. The number of fused-ring (bicyclic) bond motifs is 2. The van der Waals surface area contributed by atoms with E-state index in [2.05, 4.69) is 61.0 Å². The number of piperidine rings is 1. The molecule has 0 amide bonds. The molecule has 0 radical (unpaired) electrons. The number of aryl methyl sites for hydroxylation is 3. The zero-order valence-electron chi connectivity index (χ0n) is 20.0. The van der Waals surface area contributed by atoms with Gasteiger partial charge in [0.05, 0.1) is 0 Å². The molecule has 3 unspecified atom stereocenters. The SMILES string of the molecule is Cc1cc(C)c2cc(C3CCN(CC(O)COc4cccc5[nH]c(C)cc45)C(C)C3)sc2c1. The molecule has 33 heavy (non-hydrogen) atoms. The highest BCUT2D eigenvalue weighted by Gasteiger charge is 2.29. The van der Waals surface area contributed by atoms with Crippen molar-refractivity contribution in [3.8, 4) is 5.75 Å². The van der Waals surface area contributed by atoms with Crippen molar-refractivity contribution in [2.45, 2.75) is 58.6 Å². The van der Waals surface area contributed by atoms with Crippen molar-refractivity contribution in [2.24, 2.45) is 0 Å². The van der Waals surface area contributed by atoms with E-state index in [0.717, 1.165) is 41.7 Å². The molecule has 5 rings (SSSR count). The Morgan fingerprint density at radius 2 is 2.00 bits per heavy atom. The van der Waals surface area contributed by atoms with E-state index in [0.29, 0.717) is 25.1 Å². The Balaban J connectivity index is 1.18. The fourth-order valence-electron chi connectivity index (χ4n) is 5.36. The lowest BCUT2D eigenvalue weighted by molar-refractivity contribution is 0.0408. The lowest BCUT2D eigenvalue weighted by atomic mass is 9.89. The largest absolute Gasteiger partial charge is 0.490 e. The number of aromatic nitrogens is 1. The normalized spacial score (nSPS) is 20.5. The van der Waals surface area contributed by atoms with Crippen LogP contribution in [-0.4, -0.2) is 46.8 Å². The maximum atomic E-state index is 10.7. The fourth-order valence-corrected chi connectivity index (χ4v) is 6.75. The summed E-state index contributed by atoms with van der Waals surface area (Å²) in [6, 6.07) is 15.6. The molecule has 0 spiro atoms. The van der Waals surface area contributed by atoms with Crippen molar-refractivity contribution < 1.29 is 9.84 Å². The van der Waals surface area contributed by atoms with Gasteiger partial charge in [0.25, 0.3) is 0 Å². The van der Waals surface area contributed by atoms with Crippen LogP contribution in [0.4, 0.5) is 0 Å². The monoisotopic (exact) mass is 462 g/mol. The molecular weight excluding hydrogens is 428 g/mol. The quantitative estimate of drug-likeness (QED) is 0.353. The molecule has 1 aliphatic heterocycles. The Hall–Kier alpha value is -2.34. The molecule has 1 aliphatic rings. The van der Waals surface area contributed by atoms with Gasteiger partial charge in [0, 0.05) is 38.8 Å². The highest BCUT2D eigenvalue weighted by molar-refractivity contribution is 7.19. The summed E-state index contributed by atoms with van der Waals surface area (Å²) >= 11 is 1.97. The highest BCUT2D eigenvalue weighted by Crippen LogP contribution is 2.39. The minimum absolute atomic E-state index is 0.310. The maximum Gasteiger partial charge on any atom is 0.128 e. The number of nitrogens with one attached hydrogen (secondary N) is 1. The van der Waals surface area contributed by atoms with Crippen molar-refractivity contribution >= 4 is 32.3 Å². The standard InChI is InChI=1S/C28H34N2O2S/c1-17-10-18(2)23-14-27(33-28(23)11-17)21-8-9-30(20(4)13-21)15-22(31)16-32-26-7-5-6-25-24(26)12-19(3)29-25/h5-7,10-12,14,20-22,29,31H,8-9,13,15-16H2,1-4H3. The lowest BCUT2D eigenvalue weighted by Crippen LogP contribution is -2.45. The Bertz CT molecular complexity index is 1270. The Morgan fingerprint density at radius 1 is 1.15 bits per heavy atom. The lowest BCUT2D eigenvalue weighted by Gasteiger charge is -2.38. The summed E-state index contributed by atoms with van der Waals surface area (Å²) < 4.78 is 7.44. The Kier molecular flexibility index (Phi) is 6.21. The van der Waals surface area contributed by atoms with Gasteiger partial charge in [-0.1, -0.05) is 12.1 Å². The molecule has 3 heterocycles. The summed E-state index contributed by atoms with van der Waals surface area (Å²) in [5, 5.41) is 13.2. The van der Waals surface area contributed by atoms with Crippen molar-refractivity contribution in [2.75, 3.05) is 19.7 Å². The summed E-state index contributed by atoms with van der Waals surface area (Å²) in [7, 11) is 0. The summed E-state index contributed by atoms with van der Waals surface area (Å²) in [6.45, 7) is 10.7. The number of nitrogens with zero attached hydrogens (tertiary/aromatic N) is 1. The minimum Gasteiger partial charge on any atom is -0.490 e. The Morgan fingerprint density at radius 3 is 2.82 bits per heavy atom. The van der Waals surface area contributed by atoms with Crippen LogP contribution in [-0.2, 0) is 0 Å².